The molecule has 0 bridgehead atoms. The molecule has 3 aromatic rings. The highest BCUT2D eigenvalue weighted by molar-refractivity contribution is 7.99. The number of carbonyl (C=O) groups is 1. The maximum absolute atomic E-state index is 10.6. The number of aromatic nitrogens is 3. The van der Waals surface area contributed by atoms with Gasteiger partial charge in [-0.15, -0.1) is 10.2 Å². The van der Waals surface area contributed by atoms with Crippen LogP contribution in [0.3, 0.4) is 0 Å². The molecule has 0 aliphatic heterocycles. The third-order valence-corrected chi connectivity index (χ3v) is 3.91. The number of rotatable bonds is 5. The van der Waals surface area contributed by atoms with Crippen LogP contribution in [0.2, 0.25) is 0 Å². The summed E-state index contributed by atoms with van der Waals surface area (Å²) in [6.07, 6.45) is 0. The Bertz CT molecular complexity index is 834. The van der Waals surface area contributed by atoms with Gasteiger partial charge < -0.3 is 9.52 Å². The summed E-state index contributed by atoms with van der Waals surface area (Å²) in [5, 5.41) is 16.7. The Hall–Kier alpha value is -2.67. The van der Waals surface area contributed by atoms with E-state index in [0.29, 0.717) is 5.89 Å². The molecule has 23 heavy (non-hydrogen) atoms. The molecule has 1 N–H and O–H groups in total. The van der Waals surface area contributed by atoms with E-state index in [-0.39, 0.29) is 11.0 Å². The van der Waals surface area contributed by atoms with Crippen molar-refractivity contribution in [2.24, 2.45) is 0 Å². The quantitative estimate of drug-likeness (QED) is 0.719. The first-order valence-corrected chi connectivity index (χ1v) is 7.83. The number of carboxylic acid groups (broad SMARTS) is 1. The van der Waals surface area contributed by atoms with Crippen LogP contribution in [-0.4, -0.2) is 32.0 Å². The van der Waals surface area contributed by atoms with E-state index < -0.39 is 5.97 Å². The van der Waals surface area contributed by atoms with E-state index in [4.69, 9.17) is 9.52 Å². The first kappa shape index (κ1) is 15.2. The van der Waals surface area contributed by atoms with E-state index in [0.717, 1.165) is 34.3 Å². The predicted octanol–water partition coefficient (Wildman–Crippen LogP) is 3.28. The van der Waals surface area contributed by atoms with E-state index >= 15 is 0 Å². The summed E-state index contributed by atoms with van der Waals surface area (Å²) in [5.74, 6) is -0.714. The molecule has 0 aliphatic carbocycles. The molecule has 3 rings (SSSR count). The molecule has 0 amide bonds. The molecule has 2 heterocycles. The van der Waals surface area contributed by atoms with Crippen molar-refractivity contribution >= 4 is 17.7 Å². The lowest BCUT2D eigenvalue weighted by Crippen LogP contribution is -1.97. The smallest absolute Gasteiger partial charge is 0.314 e. The number of nitrogens with zero attached hydrogens (tertiary/aromatic N) is 3. The van der Waals surface area contributed by atoms with Crippen LogP contribution in [0.15, 0.2) is 52.1 Å². The highest BCUT2D eigenvalue weighted by Gasteiger charge is 2.14. The second kappa shape index (κ2) is 6.62. The maximum Gasteiger partial charge on any atom is 0.314 e. The predicted molar refractivity (Wildman–Crippen MR) is 86.1 cm³/mol. The maximum atomic E-state index is 10.6. The molecule has 0 unspecified atom stereocenters. The molecule has 0 saturated heterocycles. The average molecular weight is 327 g/mol. The van der Waals surface area contributed by atoms with Crippen molar-refractivity contribution in [1.82, 2.24) is 15.2 Å². The molecule has 7 heteroatoms. The van der Waals surface area contributed by atoms with Gasteiger partial charge in [0.1, 0.15) is 5.75 Å². The standard InChI is InChI=1S/C16H13N3O3S/c1-10-12(15-18-19-16(22-15)23-9-14(20)21)7-8-13(17-10)11-5-3-2-4-6-11/h2-8H,9H2,1H3,(H,20,21). The Morgan fingerprint density at radius 1 is 1.17 bits per heavy atom. The summed E-state index contributed by atoms with van der Waals surface area (Å²) in [7, 11) is 0. The second-order valence-corrected chi connectivity index (χ2v) is 5.68. The zero-order chi connectivity index (χ0) is 16.2. The zero-order valence-electron chi connectivity index (χ0n) is 12.3. The van der Waals surface area contributed by atoms with Gasteiger partial charge in [-0.05, 0) is 19.1 Å². The van der Waals surface area contributed by atoms with Crippen LogP contribution in [0.4, 0.5) is 0 Å². The molecular weight excluding hydrogens is 314 g/mol. The first-order valence-electron chi connectivity index (χ1n) is 6.85. The molecule has 1 aromatic carbocycles. The lowest BCUT2D eigenvalue weighted by atomic mass is 10.1. The highest BCUT2D eigenvalue weighted by atomic mass is 32.2. The molecule has 0 fully saturated rings. The summed E-state index contributed by atoms with van der Waals surface area (Å²) in [6.45, 7) is 1.87. The number of carboxylic acids is 1. The van der Waals surface area contributed by atoms with E-state index in [1.165, 1.54) is 0 Å². The number of pyridine rings is 1. The van der Waals surface area contributed by atoms with Gasteiger partial charge in [0, 0.05) is 5.56 Å². The minimum atomic E-state index is -0.931. The number of hydrogen-bond acceptors (Lipinski definition) is 6. The fourth-order valence-electron chi connectivity index (χ4n) is 2.06. The fraction of sp³-hybridized carbons (Fsp3) is 0.125. The van der Waals surface area contributed by atoms with Crippen molar-refractivity contribution < 1.29 is 14.3 Å². The summed E-state index contributed by atoms with van der Waals surface area (Å²) in [4.78, 5) is 15.1. The molecule has 0 atom stereocenters. The van der Waals surface area contributed by atoms with Crippen molar-refractivity contribution in [1.29, 1.82) is 0 Å². The minimum Gasteiger partial charge on any atom is -0.481 e. The zero-order valence-corrected chi connectivity index (χ0v) is 13.1. The van der Waals surface area contributed by atoms with Gasteiger partial charge in [-0.1, -0.05) is 42.1 Å². The van der Waals surface area contributed by atoms with Gasteiger partial charge in [0.2, 0.25) is 0 Å². The summed E-state index contributed by atoms with van der Waals surface area (Å²) in [6, 6.07) is 13.6. The van der Waals surface area contributed by atoms with Crippen LogP contribution in [0.25, 0.3) is 22.7 Å². The number of benzene rings is 1. The van der Waals surface area contributed by atoms with Crippen LogP contribution < -0.4 is 0 Å². The molecule has 2 aromatic heterocycles. The molecular formula is C16H13N3O3S. The Morgan fingerprint density at radius 2 is 1.96 bits per heavy atom. The number of aliphatic carboxylic acids is 1. The number of aryl methyl sites for hydroxylation is 1. The van der Waals surface area contributed by atoms with Crippen LogP contribution in [0.1, 0.15) is 5.69 Å². The Kier molecular flexibility index (Phi) is 4.38. The van der Waals surface area contributed by atoms with Crippen molar-refractivity contribution in [3.05, 3.63) is 48.2 Å². The minimum absolute atomic E-state index is 0.119. The van der Waals surface area contributed by atoms with Gasteiger partial charge in [0.15, 0.2) is 0 Å². The average Bonchev–Trinajstić information content (AvgIpc) is 3.02. The Labute approximate surface area is 136 Å². The lowest BCUT2D eigenvalue weighted by Gasteiger charge is -2.05. The lowest BCUT2D eigenvalue weighted by molar-refractivity contribution is -0.133. The highest BCUT2D eigenvalue weighted by Crippen LogP contribution is 2.27. The van der Waals surface area contributed by atoms with Crippen molar-refractivity contribution in [2.45, 2.75) is 12.1 Å². The van der Waals surface area contributed by atoms with Gasteiger partial charge in [0.05, 0.1) is 17.0 Å². The number of hydrogen-bond donors (Lipinski definition) is 1. The number of thioether (sulfide) groups is 1. The third-order valence-electron chi connectivity index (χ3n) is 3.11. The molecule has 116 valence electrons. The van der Waals surface area contributed by atoms with Crippen molar-refractivity contribution in [3.63, 3.8) is 0 Å². The largest absolute Gasteiger partial charge is 0.481 e. The van der Waals surface area contributed by atoms with Gasteiger partial charge in [0.25, 0.3) is 11.1 Å². The molecule has 0 spiro atoms. The van der Waals surface area contributed by atoms with Crippen molar-refractivity contribution in [3.8, 4) is 22.7 Å². The SMILES string of the molecule is Cc1nc(-c2ccccc2)ccc1-c1nnc(SCC(=O)O)o1. The van der Waals surface area contributed by atoms with Gasteiger partial charge >= 0.3 is 5.97 Å². The van der Waals surface area contributed by atoms with E-state index in [1.54, 1.807) is 0 Å². The van der Waals surface area contributed by atoms with E-state index in [2.05, 4.69) is 15.2 Å². The normalized spacial score (nSPS) is 10.7. The summed E-state index contributed by atoms with van der Waals surface area (Å²) >= 11 is 0.990. The Morgan fingerprint density at radius 3 is 2.65 bits per heavy atom. The van der Waals surface area contributed by atoms with Gasteiger partial charge in [-0.25, -0.2) is 0 Å². The van der Waals surface area contributed by atoms with E-state index in [1.807, 2.05) is 49.4 Å². The summed E-state index contributed by atoms with van der Waals surface area (Å²) < 4.78 is 5.48. The molecule has 0 aliphatic rings. The third kappa shape index (κ3) is 3.57. The summed E-state index contributed by atoms with van der Waals surface area (Å²) in [5.41, 5.74) is 3.40. The molecule has 0 radical (unpaired) electrons. The van der Waals surface area contributed by atoms with Crippen LogP contribution in [0, 0.1) is 6.92 Å². The van der Waals surface area contributed by atoms with Crippen LogP contribution >= 0.6 is 11.8 Å². The van der Waals surface area contributed by atoms with Crippen LogP contribution in [0.5, 0.6) is 0 Å². The monoisotopic (exact) mass is 327 g/mol. The molecule has 0 saturated carbocycles. The van der Waals surface area contributed by atoms with Gasteiger partial charge in [-0.2, -0.15) is 0 Å². The second-order valence-electron chi connectivity index (χ2n) is 4.75. The molecule has 6 nitrogen and oxygen atoms in total. The van der Waals surface area contributed by atoms with E-state index in [9.17, 15) is 4.79 Å². The first-order chi connectivity index (χ1) is 11.1. The topological polar surface area (TPSA) is 89.1 Å². The van der Waals surface area contributed by atoms with Gasteiger partial charge in [-0.3, -0.25) is 9.78 Å². The Balaban J connectivity index is 1.85. The van der Waals surface area contributed by atoms with Crippen molar-refractivity contribution in [2.75, 3.05) is 5.75 Å². The fourth-order valence-corrected chi connectivity index (χ4v) is 2.54. The van der Waals surface area contributed by atoms with Crippen LogP contribution in [-0.2, 0) is 4.79 Å².